The number of hydrogen-bond acceptors (Lipinski definition) is 6. The number of nitro groups is 1. The number of carbonyl (C=O) groups excluding carboxylic acids is 1. The standard InChI is InChI=1S/C14H17N3O4/c1-3-7-16(10-14(18)21-4-2)13-6-5-12(17(19)20)8-11(13)9-15/h5-6,8H,3-4,7,10H2,1-2H3. The molecule has 1 rings (SSSR count). The SMILES string of the molecule is CCCN(CC(=O)OCC)c1ccc([N+](=O)[O-])cc1C#N. The van der Waals surface area contributed by atoms with Crippen LogP contribution in [-0.2, 0) is 9.53 Å². The first-order valence-corrected chi connectivity index (χ1v) is 6.62. The summed E-state index contributed by atoms with van der Waals surface area (Å²) in [6.45, 7) is 4.49. The summed E-state index contributed by atoms with van der Waals surface area (Å²) < 4.78 is 4.90. The molecule has 112 valence electrons. The van der Waals surface area contributed by atoms with Gasteiger partial charge in [-0.1, -0.05) is 6.92 Å². The molecule has 0 bridgehead atoms. The quantitative estimate of drug-likeness (QED) is 0.434. The largest absolute Gasteiger partial charge is 0.465 e. The van der Waals surface area contributed by atoms with E-state index < -0.39 is 10.9 Å². The smallest absolute Gasteiger partial charge is 0.325 e. The molecule has 0 radical (unpaired) electrons. The van der Waals surface area contributed by atoms with Crippen molar-refractivity contribution in [1.29, 1.82) is 5.26 Å². The van der Waals surface area contributed by atoms with Gasteiger partial charge in [0.15, 0.2) is 0 Å². The molecular weight excluding hydrogens is 274 g/mol. The lowest BCUT2D eigenvalue weighted by Crippen LogP contribution is -2.32. The van der Waals surface area contributed by atoms with Crippen LogP contribution in [0.3, 0.4) is 0 Å². The summed E-state index contributed by atoms with van der Waals surface area (Å²) in [5, 5.41) is 19.9. The van der Waals surface area contributed by atoms with E-state index in [0.717, 1.165) is 6.42 Å². The summed E-state index contributed by atoms with van der Waals surface area (Å²) in [5.41, 5.74) is 0.517. The molecule has 0 heterocycles. The molecule has 0 aromatic heterocycles. The van der Waals surface area contributed by atoms with E-state index in [-0.39, 0.29) is 24.4 Å². The molecule has 0 aliphatic rings. The Morgan fingerprint density at radius 1 is 1.48 bits per heavy atom. The maximum absolute atomic E-state index is 11.6. The van der Waals surface area contributed by atoms with Crippen molar-refractivity contribution in [3.05, 3.63) is 33.9 Å². The van der Waals surface area contributed by atoms with Gasteiger partial charge in [-0.2, -0.15) is 5.26 Å². The Balaban J connectivity index is 3.10. The van der Waals surface area contributed by atoms with Gasteiger partial charge in [0, 0.05) is 18.7 Å². The molecule has 0 saturated heterocycles. The van der Waals surface area contributed by atoms with Crippen LogP contribution in [0.2, 0.25) is 0 Å². The van der Waals surface area contributed by atoms with Crippen molar-refractivity contribution in [1.82, 2.24) is 0 Å². The van der Waals surface area contributed by atoms with Crippen molar-refractivity contribution in [2.24, 2.45) is 0 Å². The number of esters is 1. The van der Waals surface area contributed by atoms with Gasteiger partial charge in [-0.15, -0.1) is 0 Å². The second-order valence-corrected chi connectivity index (χ2v) is 4.30. The van der Waals surface area contributed by atoms with Gasteiger partial charge in [-0.3, -0.25) is 14.9 Å². The fourth-order valence-electron chi connectivity index (χ4n) is 1.92. The Labute approximate surface area is 122 Å². The van der Waals surface area contributed by atoms with Crippen LogP contribution >= 0.6 is 0 Å². The molecular formula is C14H17N3O4. The second-order valence-electron chi connectivity index (χ2n) is 4.30. The van der Waals surface area contributed by atoms with Crippen LogP contribution < -0.4 is 4.90 Å². The molecule has 1 aromatic rings. The van der Waals surface area contributed by atoms with E-state index in [1.54, 1.807) is 11.8 Å². The highest BCUT2D eigenvalue weighted by Crippen LogP contribution is 2.25. The van der Waals surface area contributed by atoms with Crippen LogP contribution in [0, 0.1) is 21.4 Å². The fourth-order valence-corrected chi connectivity index (χ4v) is 1.92. The molecule has 0 fully saturated rings. The molecule has 0 amide bonds. The Hall–Kier alpha value is -2.62. The number of rotatable bonds is 7. The van der Waals surface area contributed by atoms with Crippen molar-refractivity contribution in [2.75, 3.05) is 24.6 Å². The lowest BCUT2D eigenvalue weighted by molar-refractivity contribution is -0.384. The first-order valence-electron chi connectivity index (χ1n) is 6.62. The summed E-state index contributed by atoms with van der Waals surface area (Å²) in [5.74, 6) is -0.395. The van der Waals surface area contributed by atoms with Crippen molar-refractivity contribution < 1.29 is 14.5 Å². The summed E-state index contributed by atoms with van der Waals surface area (Å²) in [4.78, 5) is 23.5. The molecule has 1 aromatic carbocycles. The lowest BCUT2D eigenvalue weighted by Gasteiger charge is -2.24. The van der Waals surface area contributed by atoms with E-state index >= 15 is 0 Å². The van der Waals surface area contributed by atoms with Crippen LogP contribution in [0.5, 0.6) is 0 Å². The number of benzene rings is 1. The highest BCUT2D eigenvalue weighted by molar-refractivity contribution is 5.77. The minimum absolute atomic E-state index is 0.00811. The number of anilines is 1. The van der Waals surface area contributed by atoms with Crippen LogP contribution in [0.4, 0.5) is 11.4 Å². The number of non-ortho nitro benzene ring substituents is 1. The fraction of sp³-hybridized carbons (Fsp3) is 0.429. The first-order chi connectivity index (χ1) is 10.0. The molecule has 0 aliphatic carbocycles. The molecule has 0 aliphatic heterocycles. The van der Waals surface area contributed by atoms with E-state index in [4.69, 9.17) is 10.00 Å². The van der Waals surface area contributed by atoms with Gasteiger partial charge in [0.05, 0.1) is 22.8 Å². The summed E-state index contributed by atoms with van der Waals surface area (Å²) >= 11 is 0. The predicted octanol–water partition coefficient (Wildman–Crippen LogP) is 2.25. The van der Waals surface area contributed by atoms with Crippen LogP contribution in [0.25, 0.3) is 0 Å². The Kier molecular flexibility index (Phi) is 6.14. The number of nitriles is 1. The molecule has 7 heteroatoms. The lowest BCUT2D eigenvalue weighted by atomic mass is 10.1. The van der Waals surface area contributed by atoms with Gasteiger partial charge >= 0.3 is 5.97 Å². The zero-order chi connectivity index (χ0) is 15.8. The van der Waals surface area contributed by atoms with Gasteiger partial charge in [-0.25, -0.2) is 0 Å². The average molecular weight is 291 g/mol. The minimum Gasteiger partial charge on any atom is -0.465 e. The third kappa shape index (κ3) is 4.45. The van der Waals surface area contributed by atoms with Crippen LogP contribution in [0.15, 0.2) is 18.2 Å². The van der Waals surface area contributed by atoms with Gasteiger partial charge in [-0.05, 0) is 19.4 Å². The van der Waals surface area contributed by atoms with E-state index in [2.05, 4.69) is 0 Å². The third-order valence-corrected chi connectivity index (χ3v) is 2.77. The number of hydrogen-bond donors (Lipinski definition) is 0. The molecule has 0 spiro atoms. The summed E-state index contributed by atoms with van der Waals surface area (Å²) in [6, 6.07) is 5.96. The van der Waals surface area contributed by atoms with Crippen LogP contribution in [0.1, 0.15) is 25.8 Å². The highest BCUT2D eigenvalue weighted by Gasteiger charge is 2.18. The number of nitrogens with zero attached hydrogens (tertiary/aromatic N) is 3. The third-order valence-electron chi connectivity index (χ3n) is 2.77. The normalized spacial score (nSPS) is 9.76. The second kappa shape index (κ2) is 7.85. The van der Waals surface area contributed by atoms with E-state index in [0.29, 0.717) is 12.2 Å². The molecule has 0 N–H and O–H groups in total. The number of ether oxygens (including phenoxy) is 1. The Morgan fingerprint density at radius 2 is 2.19 bits per heavy atom. The topological polar surface area (TPSA) is 96.5 Å². The van der Waals surface area contributed by atoms with Gasteiger partial charge < -0.3 is 9.64 Å². The monoisotopic (exact) mass is 291 g/mol. The van der Waals surface area contributed by atoms with Gasteiger partial charge in [0.2, 0.25) is 0 Å². The van der Waals surface area contributed by atoms with E-state index in [1.165, 1.54) is 18.2 Å². The van der Waals surface area contributed by atoms with Gasteiger partial charge in [0.1, 0.15) is 12.6 Å². The van der Waals surface area contributed by atoms with E-state index in [9.17, 15) is 14.9 Å². The highest BCUT2D eigenvalue weighted by atomic mass is 16.6. The van der Waals surface area contributed by atoms with Crippen molar-refractivity contribution in [2.45, 2.75) is 20.3 Å². The Morgan fingerprint density at radius 3 is 2.71 bits per heavy atom. The maximum Gasteiger partial charge on any atom is 0.325 e. The molecule has 7 nitrogen and oxygen atoms in total. The van der Waals surface area contributed by atoms with Gasteiger partial charge in [0.25, 0.3) is 5.69 Å². The predicted molar refractivity (Wildman–Crippen MR) is 76.9 cm³/mol. The summed E-state index contributed by atoms with van der Waals surface area (Å²) in [6.07, 6.45) is 0.765. The first kappa shape index (κ1) is 16.4. The molecule has 0 saturated carbocycles. The zero-order valence-corrected chi connectivity index (χ0v) is 12.0. The zero-order valence-electron chi connectivity index (χ0n) is 12.0. The maximum atomic E-state index is 11.6. The van der Waals surface area contributed by atoms with Crippen molar-refractivity contribution in [3.63, 3.8) is 0 Å². The molecule has 0 unspecified atom stereocenters. The summed E-state index contributed by atoms with van der Waals surface area (Å²) in [7, 11) is 0. The number of carbonyl (C=O) groups is 1. The minimum atomic E-state index is -0.555. The number of nitro benzene ring substituents is 1. The Bertz CT molecular complexity index is 566. The molecule has 21 heavy (non-hydrogen) atoms. The van der Waals surface area contributed by atoms with Crippen LogP contribution in [-0.4, -0.2) is 30.6 Å². The van der Waals surface area contributed by atoms with E-state index in [1.807, 2.05) is 13.0 Å². The van der Waals surface area contributed by atoms with Crippen molar-refractivity contribution in [3.8, 4) is 6.07 Å². The average Bonchev–Trinajstić information content (AvgIpc) is 2.46. The molecule has 0 atom stereocenters. The van der Waals surface area contributed by atoms with Crippen molar-refractivity contribution >= 4 is 17.3 Å².